The topological polar surface area (TPSA) is 47.6 Å². The van der Waals surface area contributed by atoms with E-state index in [2.05, 4.69) is 5.32 Å². The predicted octanol–water partition coefficient (Wildman–Crippen LogP) is 2.90. The van der Waals surface area contributed by atoms with Gasteiger partial charge in [-0.05, 0) is 51.5 Å². The van der Waals surface area contributed by atoms with Gasteiger partial charge in [0.05, 0.1) is 12.7 Å². The van der Waals surface area contributed by atoms with Gasteiger partial charge < -0.3 is 14.8 Å². The molecule has 5 heteroatoms. The predicted molar refractivity (Wildman–Crippen MR) is 76.3 cm³/mol. The molecule has 0 saturated carbocycles. The van der Waals surface area contributed by atoms with E-state index in [9.17, 15) is 9.18 Å². The molecule has 0 amide bonds. The molecule has 0 fully saturated rings. The van der Waals surface area contributed by atoms with Crippen molar-refractivity contribution >= 4 is 11.7 Å². The van der Waals surface area contributed by atoms with Gasteiger partial charge in [0.1, 0.15) is 5.82 Å². The van der Waals surface area contributed by atoms with Crippen LogP contribution in [0.4, 0.5) is 10.1 Å². The second-order valence-corrected chi connectivity index (χ2v) is 4.94. The van der Waals surface area contributed by atoms with E-state index in [4.69, 9.17) is 9.47 Å². The fraction of sp³-hybridized carbons (Fsp3) is 0.533. The van der Waals surface area contributed by atoms with Gasteiger partial charge >= 0.3 is 5.97 Å². The molecule has 2 unspecified atom stereocenters. The molecule has 2 atom stereocenters. The van der Waals surface area contributed by atoms with Gasteiger partial charge in [-0.2, -0.15) is 0 Å². The van der Waals surface area contributed by atoms with Crippen LogP contribution in [0.1, 0.15) is 26.3 Å². The molecule has 0 aliphatic carbocycles. The summed E-state index contributed by atoms with van der Waals surface area (Å²) in [6.07, 6.45) is -0.440. The minimum Gasteiger partial charge on any atom is -0.464 e. The van der Waals surface area contributed by atoms with Crippen molar-refractivity contribution in [2.45, 2.75) is 39.3 Å². The lowest BCUT2D eigenvalue weighted by Crippen LogP contribution is -2.53. The van der Waals surface area contributed by atoms with Crippen LogP contribution in [-0.2, 0) is 14.3 Å². The third-order valence-corrected chi connectivity index (χ3v) is 3.31. The van der Waals surface area contributed by atoms with Crippen molar-refractivity contribution in [2.24, 2.45) is 0 Å². The number of halogens is 1. The highest BCUT2D eigenvalue weighted by atomic mass is 19.1. The fourth-order valence-electron chi connectivity index (χ4n) is 1.94. The van der Waals surface area contributed by atoms with Crippen LogP contribution in [0.5, 0.6) is 0 Å². The van der Waals surface area contributed by atoms with E-state index < -0.39 is 17.6 Å². The van der Waals surface area contributed by atoms with E-state index >= 15 is 0 Å². The van der Waals surface area contributed by atoms with Crippen molar-refractivity contribution in [2.75, 3.05) is 19.0 Å². The molecule has 1 rings (SSSR count). The summed E-state index contributed by atoms with van der Waals surface area (Å²) < 4.78 is 23.8. The van der Waals surface area contributed by atoms with Crippen LogP contribution in [0.15, 0.2) is 18.2 Å². The van der Waals surface area contributed by atoms with Crippen molar-refractivity contribution in [3.63, 3.8) is 0 Å². The molecule has 0 saturated heterocycles. The fourth-order valence-corrected chi connectivity index (χ4v) is 1.94. The molecule has 0 bridgehead atoms. The van der Waals surface area contributed by atoms with Crippen LogP contribution in [0, 0.1) is 12.7 Å². The Labute approximate surface area is 119 Å². The number of anilines is 1. The Morgan fingerprint density at radius 3 is 2.60 bits per heavy atom. The Hall–Kier alpha value is -1.62. The minimum atomic E-state index is -1.09. The number of carbonyl (C=O) groups is 1. The Kier molecular flexibility index (Phi) is 5.51. The van der Waals surface area contributed by atoms with Crippen molar-refractivity contribution in [3.05, 3.63) is 29.6 Å². The zero-order valence-corrected chi connectivity index (χ0v) is 12.6. The van der Waals surface area contributed by atoms with Crippen LogP contribution in [0.2, 0.25) is 0 Å². The molecule has 0 spiro atoms. The second kappa shape index (κ2) is 6.70. The molecular weight excluding hydrogens is 261 g/mol. The van der Waals surface area contributed by atoms with Crippen molar-refractivity contribution in [3.8, 4) is 0 Å². The first-order chi connectivity index (χ1) is 9.33. The summed E-state index contributed by atoms with van der Waals surface area (Å²) in [5.74, 6) is -0.792. The van der Waals surface area contributed by atoms with Crippen LogP contribution in [-0.4, -0.2) is 31.3 Å². The first-order valence-corrected chi connectivity index (χ1v) is 6.59. The van der Waals surface area contributed by atoms with E-state index in [-0.39, 0.29) is 12.4 Å². The molecule has 0 heterocycles. The normalized spacial score (nSPS) is 15.3. The summed E-state index contributed by atoms with van der Waals surface area (Å²) in [5, 5.41) is 3.03. The van der Waals surface area contributed by atoms with E-state index in [1.807, 2.05) is 0 Å². The number of rotatable bonds is 6. The van der Waals surface area contributed by atoms with Gasteiger partial charge in [0.2, 0.25) is 0 Å². The van der Waals surface area contributed by atoms with Gasteiger partial charge in [-0.25, -0.2) is 9.18 Å². The third kappa shape index (κ3) is 3.70. The highest BCUT2D eigenvalue weighted by Crippen LogP contribution is 2.24. The van der Waals surface area contributed by atoms with Crippen LogP contribution in [0.25, 0.3) is 0 Å². The molecule has 0 aliphatic rings. The highest BCUT2D eigenvalue weighted by molar-refractivity contribution is 5.85. The van der Waals surface area contributed by atoms with Crippen molar-refractivity contribution in [1.82, 2.24) is 0 Å². The zero-order chi connectivity index (χ0) is 15.3. The van der Waals surface area contributed by atoms with Crippen LogP contribution < -0.4 is 5.32 Å². The lowest BCUT2D eigenvalue weighted by atomic mass is 9.95. The number of benzene rings is 1. The maximum absolute atomic E-state index is 13.4. The average Bonchev–Trinajstić information content (AvgIpc) is 2.36. The number of hydrogen-bond acceptors (Lipinski definition) is 4. The lowest BCUT2D eigenvalue weighted by molar-refractivity contribution is -0.152. The molecule has 1 aromatic carbocycles. The Morgan fingerprint density at radius 1 is 1.45 bits per heavy atom. The van der Waals surface area contributed by atoms with Crippen LogP contribution in [0.3, 0.4) is 0 Å². The molecule has 1 aromatic rings. The maximum Gasteiger partial charge on any atom is 0.334 e. The van der Waals surface area contributed by atoms with Gasteiger partial charge in [-0.3, -0.25) is 0 Å². The molecular formula is C15H22FNO3. The summed E-state index contributed by atoms with van der Waals surface area (Å²) in [6.45, 7) is 7.24. The van der Waals surface area contributed by atoms with Crippen molar-refractivity contribution < 1.29 is 18.7 Å². The monoisotopic (exact) mass is 283 g/mol. The van der Waals surface area contributed by atoms with E-state index in [1.165, 1.54) is 19.2 Å². The van der Waals surface area contributed by atoms with Gasteiger partial charge in [-0.15, -0.1) is 0 Å². The SMILES string of the molecule is CCOC(=O)C(C)(Nc1cc(C)cc(F)c1)C(C)OC. The molecule has 0 aromatic heterocycles. The number of hydrogen-bond donors (Lipinski definition) is 1. The summed E-state index contributed by atoms with van der Waals surface area (Å²) >= 11 is 0. The van der Waals surface area contributed by atoms with Gasteiger partial charge in [0.15, 0.2) is 5.54 Å². The van der Waals surface area contributed by atoms with Crippen LogP contribution >= 0.6 is 0 Å². The molecule has 4 nitrogen and oxygen atoms in total. The Morgan fingerprint density at radius 2 is 2.10 bits per heavy atom. The summed E-state index contributed by atoms with van der Waals surface area (Å²) in [5.41, 5.74) is 0.191. The first-order valence-electron chi connectivity index (χ1n) is 6.59. The van der Waals surface area contributed by atoms with Gasteiger partial charge in [0.25, 0.3) is 0 Å². The number of nitrogens with one attached hydrogen (secondary N) is 1. The number of esters is 1. The van der Waals surface area contributed by atoms with Gasteiger partial charge in [0, 0.05) is 12.8 Å². The summed E-state index contributed by atoms with van der Waals surface area (Å²) in [7, 11) is 1.51. The first kappa shape index (κ1) is 16.4. The maximum atomic E-state index is 13.4. The summed E-state index contributed by atoms with van der Waals surface area (Å²) in [4.78, 5) is 12.2. The Bertz CT molecular complexity index is 458. The highest BCUT2D eigenvalue weighted by Gasteiger charge is 2.41. The van der Waals surface area contributed by atoms with E-state index in [0.717, 1.165) is 5.56 Å². The number of aryl methyl sites for hydroxylation is 1. The molecule has 1 N–H and O–H groups in total. The average molecular weight is 283 g/mol. The Balaban J connectivity index is 3.09. The minimum absolute atomic E-state index is 0.273. The molecule has 0 radical (unpaired) electrons. The number of methoxy groups -OCH3 is 1. The van der Waals surface area contributed by atoms with Crippen molar-refractivity contribution in [1.29, 1.82) is 0 Å². The van der Waals surface area contributed by atoms with E-state index in [1.54, 1.807) is 33.8 Å². The number of ether oxygens (including phenoxy) is 2. The third-order valence-electron chi connectivity index (χ3n) is 3.31. The largest absolute Gasteiger partial charge is 0.464 e. The number of carbonyl (C=O) groups excluding carboxylic acids is 1. The second-order valence-electron chi connectivity index (χ2n) is 4.94. The van der Waals surface area contributed by atoms with E-state index in [0.29, 0.717) is 5.69 Å². The smallest absolute Gasteiger partial charge is 0.334 e. The van der Waals surface area contributed by atoms with Gasteiger partial charge in [-0.1, -0.05) is 0 Å². The quantitative estimate of drug-likeness (QED) is 0.815. The lowest BCUT2D eigenvalue weighted by Gasteiger charge is -2.34. The molecule has 20 heavy (non-hydrogen) atoms. The molecule has 0 aliphatic heterocycles. The zero-order valence-electron chi connectivity index (χ0n) is 12.6. The summed E-state index contributed by atoms with van der Waals surface area (Å²) in [6, 6.07) is 4.53. The molecule has 112 valence electrons. The standard InChI is InChI=1S/C15H22FNO3/c1-6-20-14(18)15(4,11(3)19-5)17-13-8-10(2)7-12(16)9-13/h7-9,11,17H,6H2,1-5H3.